The summed E-state index contributed by atoms with van der Waals surface area (Å²) in [6, 6.07) is 9.49. The van der Waals surface area contributed by atoms with Crippen molar-refractivity contribution in [2.75, 3.05) is 51.1 Å². The highest BCUT2D eigenvalue weighted by atomic mass is 32.2. The highest BCUT2D eigenvalue weighted by Gasteiger charge is 2.24. The predicted molar refractivity (Wildman–Crippen MR) is 157 cm³/mol. The van der Waals surface area contributed by atoms with Crippen LogP contribution in [0.2, 0.25) is 0 Å². The summed E-state index contributed by atoms with van der Waals surface area (Å²) in [6.07, 6.45) is 5.58. The Bertz CT molecular complexity index is 1600. The Labute approximate surface area is 239 Å². The smallest absolute Gasteiger partial charge is 0.239 e. The number of ether oxygens (including phenoxy) is 2. The third-order valence-corrected chi connectivity index (χ3v) is 8.77. The van der Waals surface area contributed by atoms with Crippen LogP contribution in [0.1, 0.15) is 19.8 Å². The quantitative estimate of drug-likeness (QED) is 0.269. The molecule has 5 rings (SSSR count). The molecule has 0 amide bonds. The Hall–Kier alpha value is -3.65. The number of fused-ring (bicyclic) bond motifs is 1. The average Bonchev–Trinajstić information content (AvgIpc) is 3.41. The molecule has 1 unspecified atom stereocenters. The molecule has 1 aliphatic rings. The van der Waals surface area contributed by atoms with Gasteiger partial charge in [0.05, 0.1) is 11.4 Å². The first-order valence-electron chi connectivity index (χ1n) is 13.6. The molecule has 0 spiro atoms. The van der Waals surface area contributed by atoms with Gasteiger partial charge in [-0.3, -0.25) is 0 Å². The Morgan fingerprint density at radius 1 is 1.24 bits per heavy atom. The van der Waals surface area contributed by atoms with Crippen LogP contribution in [0.3, 0.4) is 0 Å². The van der Waals surface area contributed by atoms with Gasteiger partial charge in [-0.2, -0.15) is 0 Å². The molecule has 4 heterocycles. The Morgan fingerprint density at radius 2 is 2.05 bits per heavy atom. The Balaban J connectivity index is 1.62. The van der Waals surface area contributed by atoms with Gasteiger partial charge < -0.3 is 24.8 Å². The fourth-order valence-corrected chi connectivity index (χ4v) is 5.80. The van der Waals surface area contributed by atoms with E-state index in [1.165, 1.54) is 10.3 Å². The number of rotatable bonds is 11. The van der Waals surface area contributed by atoms with Crippen LogP contribution in [-0.2, 0) is 14.8 Å². The zero-order valence-corrected chi connectivity index (χ0v) is 24.2. The number of anilines is 1. The van der Waals surface area contributed by atoms with Crippen LogP contribution in [-0.4, -0.2) is 95.8 Å². The van der Waals surface area contributed by atoms with Crippen LogP contribution in [0.25, 0.3) is 33.7 Å². The lowest BCUT2D eigenvalue weighted by Crippen LogP contribution is -2.37. The third-order valence-electron chi connectivity index (χ3n) is 7.16. The largest absolute Gasteiger partial charge is 0.491 e. The molecule has 41 heavy (non-hydrogen) atoms. The minimum atomic E-state index is -3.62. The fraction of sp³-hybridized carbons (Fsp3) is 0.429. The second-order valence-electron chi connectivity index (χ2n) is 9.94. The molecule has 0 aliphatic carbocycles. The maximum Gasteiger partial charge on any atom is 0.239 e. The number of benzene rings is 1. The van der Waals surface area contributed by atoms with Gasteiger partial charge in [0.2, 0.25) is 10.0 Å². The first-order valence-corrected chi connectivity index (χ1v) is 15.2. The van der Waals surface area contributed by atoms with Crippen molar-refractivity contribution in [2.45, 2.75) is 31.9 Å². The van der Waals surface area contributed by atoms with E-state index < -0.39 is 16.1 Å². The SMILES string of the molecule is CCS(=O)(=O)n1cc(-c2cc(N(C)C3CCOCC3)nc(-c3cccc(OCC(O)CNC)c3)n2)c2cncnc21. The van der Waals surface area contributed by atoms with E-state index in [4.69, 9.17) is 19.4 Å². The van der Waals surface area contributed by atoms with Crippen molar-refractivity contribution in [1.82, 2.24) is 29.2 Å². The number of hydrogen-bond acceptors (Lipinski definition) is 11. The van der Waals surface area contributed by atoms with Gasteiger partial charge in [-0.1, -0.05) is 12.1 Å². The van der Waals surface area contributed by atoms with Crippen molar-refractivity contribution >= 4 is 26.9 Å². The molecule has 4 aromatic rings. The van der Waals surface area contributed by atoms with Crippen LogP contribution in [0.15, 0.2) is 49.1 Å². The Morgan fingerprint density at radius 3 is 2.80 bits per heavy atom. The third kappa shape index (κ3) is 6.32. The maximum atomic E-state index is 12.9. The zero-order valence-electron chi connectivity index (χ0n) is 23.4. The van der Waals surface area contributed by atoms with Crippen molar-refractivity contribution in [1.29, 1.82) is 0 Å². The molecule has 1 aromatic carbocycles. The van der Waals surface area contributed by atoms with Crippen molar-refractivity contribution in [3.8, 4) is 28.4 Å². The molecular weight excluding hydrogens is 546 g/mol. The normalized spacial score (nSPS) is 15.2. The molecule has 3 aromatic heterocycles. The van der Waals surface area contributed by atoms with Gasteiger partial charge in [0.25, 0.3) is 0 Å². The molecule has 13 heteroatoms. The van der Waals surface area contributed by atoms with Crippen LogP contribution in [0.4, 0.5) is 5.82 Å². The first-order chi connectivity index (χ1) is 19.8. The molecule has 0 radical (unpaired) electrons. The molecule has 12 nitrogen and oxygen atoms in total. The molecule has 1 aliphatic heterocycles. The number of aromatic nitrogens is 5. The summed E-state index contributed by atoms with van der Waals surface area (Å²) >= 11 is 0. The molecule has 1 atom stereocenters. The van der Waals surface area contributed by atoms with Gasteiger partial charge in [0.1, 0.15) is 30.6 Å². The highest BCUT2D eigenvalue weighted by Crippen LogP contribution is 2.34. The number of hydrogen-bond donors (Lipinski definition) is 2. The lowest BCUT2D eigenvalue weighted by Gasteiger charge is -2.32. The van der Waals surface area contributed by atoms with E-state index in [-0.39, 0.29) is 18.4 Å². The first kappa shape index (κ1) is 28.9. The number of aliphatic hydroxyl groups is 1. The maximum absolute atomic E-state index is 12.9. The monoisotopic (exact) mass is 581 g/mol. The van der Waals surface area contributed by atoms with E-state index in [2.05, 4.69) is 20.2 Å². The van der Waals surface area contributed by atoms with Gasteiger partial charge in [-0.15, -0.1) is 0 Å². The van der Waals surface area contributed by atoms with E-state index in [9.17, 15) is 13.5 Å². The molecule has 1 fully saturated rings. The van der Waals surface area contributed by atoms with Crippen LogP contribution >= 0.6 is 0 Å². The highest BCUT2D eigenvalue weighted by molar-refractivity contribution is 7.90. The Kier molecular flexibility index (Phi) is 8.78. The second-order valence-corrected chi connectivity index (χ2v) is 12.1. The van der Waals surface area contributed by atoms with Crippen LogP contribution < -0.4 is 15.0 Å². The summed E-state index contributed by atoms with van der Waals surface area (Å²) in [6.45, 7) is 3.50. The molecule has 218 valence electrons. The van der Waals surface area contributed by atoms with Crippen LogP contribution in [0.5, 0.6) is 5.75 Å². The van der Waals surface area contributed by atoms with Gasteiger partial charge >= 0.3 is 0 Å². The summed E-state index contributed by atoms with van der Waals surface area (Å²) in [4.78, 5) is 20.4. The van der Waals surface area contributed by atoms with E-state index in [1.54, 1.807) is 26.4 Å². The van der Waals surface area contributed by atoms with E-state index in [0.29, 0.717) is 59.4 Å². The van der Waals surface area contributed by atoms with E-state index in [1.807, 2.05) is 37.4 Å². The van der Waals surface area contributed by atoms with E-state index in [0.717, 1.165) is 18.4 Å². The predicted octanol–water partition coefficient (Wildman–Crippen LogP) is 2.33. The molecular formula is C28H35N7O5S. The van der Waals surface area contributed by atoms with Crippen molar-refractivity contribution < 1.29 is 23.0 Å². The van der Waals surface area contributed by atoms with E-state index >= 15 is 0 Å². The second kappa shape index (κ2) is 12.5. The van der Waals surface area contributed by atoms with Crippen molar-refractivity contribution in [2.24, 2.45) is 0 Å². The number of nitrogens with one attached hydrogen (secondary N) is 1. The summed E-state index contributed by atoms with van der Waals surface area (Å²) in [5, 5.41) is 13.6. The van der Waals surface area contributed by atoms with Crippen molar-refractivity contribution in [3.05, 3.63) is 49.1 Å². The summed E-state index contributed by atoms with van der Waals surface area (Å²) in [7, 11) is 0.147. The summed E-state index contributed by atoms with van der Waals surface area (Å²) in [5.41, 5.74) is 2.15. The van der Waals surface area contributed by atoms with Gasteiger partial charge in [-0.25, -0.2) is 32.3 Å². The molecule has 1 saturated heterocycles. The number of nitrogens with zero attached hydrogens (tertiary/aromatic N) is 6. The average molecular weight is 582 g/mol. The molecule has 0 bridgehead atoms. The number of likely N-dealkylation sites (N-methyl/N-ethyl adjacent to an activating group) is 1. The van der Waals surface area contributed by atoms with Crippen molar-refractivity contribution in [3.63, 3.8) is 0 Å². The molecule has 0 saturated carbocycles. The topological polar surface area (TPSA) is 145 Å². The standard InChI is InChI=1S/C28H35N7O5S/c1-4-41(37,38)35-16-24(23-15-30-18-31-28(23)35)25-13-26(34(3)20-8-10-39-11-9-20)33-27(32-25)19-6-5-7-22(12-19)40-17-21(36)14-29-2/h5-7,12-13,15-16,18,20-21,29,36H,4,8-11,14,17H2,1-3H3. The fourth-order valence-electron chi connectivity index (χ4n) is 4.85. The van der Waals surface area contributed by atoms with Gasteiger partial charge in [0.15, 0.2) is 11.5 Å². The minimum Gasteiger partial charge on any atom is -0.491 e. The summed E-state index contributed by atoms with van der Waals surface area (Å²) < 4.78 is 38.5. The molecule has 2 N–H and O–H groups in total. The van der Waals surface area contributed by atoms with Gasteiger partial charge in [0, 0.05) is 67.8 Å². The lowest BCUT2D eigenvalue weighted by atomic mass is 10.1. The van der Waals surface area contributed by atoms with Crippen LogP contribution in [0, 0.1) is 0 Å². The zero-order chi connectivity index (χ0) is 29.0. The van der Waals surface area contributed by atoms with Gasteiger partial charge in [-0.05, 0) is 38.9 Å². The summed E-state index contributed by atoms with van der Waals surface area (Å²) in [5.74, 6) is 1.64. The number of aliphatic hydroxyl groups excluding tert-OH is 1. The lowest BCUT2D eigenvalue weighted by molar-refractivity contribution is 0.0853. The minimum absolute atomic E-state index is 0.0806.